The van der Waals surface area contributed by atoms with Crippen LogP contribution in [0.15, 0.2) is 30.6 Å². The lowest BCUT2D eigenvalue weighted by molar-refractivity contribution is 0.0882. The first-order valence-electron chi connectivity index (χ1n) is 8.34. The van der Waals surface area contributed by atoms with E-state index >= 15 is 0 Å². The third-order valence-corrected chi connectivity index (χ3v) is 4.29. The Morgan fingerprint density at radius 3 is 2.46 bits per heavy atom. The van der Waals surface area contributed by atoms with E-state index in [2.05, 4.69) is 15.3 Å². The van der Waals surface area contributed by atoms with Gasteiger partial charge < -0.3 is 14.8 Å². The molecule has 26 heavy (non-hydrogen) atoms. The van der Waals surface area contributed by atoms with E-state index < -0.39 is 17.5 Å². The molecule has 0 saturated heterocycles. The van der Waals surface area contributed by atoms with Crippen LogP contribution in [0.3, 0.4) is 0 Å². The van der Waals surface area contributed by atoms with Crippen LogP contribution in [0.5, 0.6) is 11.8 Å². The summed E-state index contributed by atoms with van der Waals surface area (Å²) in [6.07, 6.45) is 5.76. The zero-order valence-corrected chi connectivity index (χ0v) is 14.2. The summed E-state index contributed by atoms with van der Waals surface area (Å²) in [7, 11) is 1.50. The molecule has 0 unspecified atom stereocenters. The van der Waals surface area contributed by atoms with E-state index in [-0.39, 0.29) is 17.7 Å². The van der Waals surface area contributed by atoms with Gasteiger partial charge in [-0.2, -0.15) is 0 Å². The Balaban J connectivity index is 1.53. The summed E-state index contributed by atoms with van der Waals surface area (Å²) in [5.74, 6) is -1.45. The molecule has 8 heteroatoms. The van der Waals surface area contributed by atoms with Crippen molar-refractivity contribution >= 4 is 5.91 Å². The number of aromatic nitrogens is 2. The smallest absolute Gasteiger partial charge is 0.278 e. The summed E-state index contributed by atoms with van der Waals surface area (Å²) in [6.45, 7) is 0. The fourth-order valence-electron chi connectivity index (χ4n) is 2.95. The summed E-state index contributed by atoms with van der Waals surface area (Å²) >= 11 is 0. The molecular weight excluding hydrogens is 344 g/mol. The minimum Gasteiger partial charge on any atom is -0.477 e. The molecule has 1 aromatic carbocycles. The zero-order valence-electron chi connectivity index (χ0n) is 14.2. The van der Waals surface area contributed by atoms with E-state index in [1.54, 1.807) is 0 Å². The molecule has 0 atom stereocenters. The van der Waals surface area contributed by atoms with E-state index in [1.165, 1.54) is 19.5 Å². The highest BCUT2D eigenvalue weighted by Crippen LogP contribution is 2.27. The lowest BCUT2D eigenvalue weighted by Gasteiger charge is -2.29. The standard InChI is InChI=1S/C18H19F2N3O3/c1-25-17-18(22-9-8-21-17)26-13-5-3-12(4-6-13)23-16(24)14-7-2-11(19)10-15(14)20/h2,7-10,12-13H,3-6H2,1H3,(H,23,24). The average Bonchev–Trinajstić information content (AvgIpc) is 2.63. The number of hydrogen-bond acceptors (Lipinski definition) is 5. The van der Waals surface area contributed by atoms with Crippen LogP contribution in [0.2, 0.25) is 0 Å². The summed E-state index contributed by atoms with van der Waals surface area (Å²) in [5.41, 5.74) is -0.158. The van der Waals surface area contributed by atoms with Crippen LogP contribution in [0, 0.1) is 11.6 Å². The minimum atomic E-state index is -0.866. The van der Waals surface area contributed by atoms with Gasteiger partial charge in [-0.05, 0) is 37.8 Å². The van der Waals surface area contributed by atoms with Crippen molar-refractivity contribution in [2.75, 3.05) is 7.11 Å². The number of carbonyl (C=O) groups excluding carboxylic acids is 1. The molecule has 3 rings (SSSR count). The Morgan fingerprint density at radius 1 is 1.12 bits per heavy atom. The van der Waals surface area contributed by atoms with Crippen molar-refractivity contribution in [3.05, 3.63) is 47.8 Å². The SMILES string of the molecule is COc1nccnc1OC1CCC(NC(=O)c2ccc(F)cc2F)CC1. The highest BCUT2D eigenvalue weighted by atomic mass is 19.1. The summed E-state index contributed by atoms with van der Waals surface area (Å²) in [6, 6.07) is 2.83. The number of rotatable bonds is 5. The number of hydrogen-bond donors (Lipinski definition) is 1. The highest BCUT2D eigenvalue weighted by Gasteiger charge is 2.26. The molecule has 1 fully saturated rings. The first-order valence-corrected chi connectivity index (χ1v) is 8.34. The van der Waals surface area contributed by atoms with Crippen molar-refractivity contribution in [3.63, 3.8) is 0 Å². The monoisotopic (exact) mass is 363 g/mol. The van der Waals surface area contributed by atoms with E-state index in [9.17, 15) is 13.6 Å². The first-order chi connectivity index (χ1) is 12.6. The van der Waals surface area contributed by atoms with E-state index in [0.717, 1.165) is 12.1 Å². The molecule has 2 aromatic rings. The van der Waals surface area contributed by atoms with Crippen molar-refractivity contribution in [1.29, 1.82) is 0 Å². The Hall–Kier alpha value is -2.77. The quantitative estimate of drug-likeness (QED) is 0.884. The van der Waals surface area contributed by atoms with Crippen molar-refractivity contribution in [2.45, 2.75) is 37.8 Å². The summed E-state index contributed by atoms with van der Waals surface area (Å²) in [4.78, 5) is 20.3. The number of amides is 1. The highest BCUT2D eigenvalue weighted by molar-refractivity contribution is 5.94. The molecule has 138 valence electrons. The number of carbonyl (C=O) groups is 1. The van der Waals surface area contributed by atoms with Crippen LogP contribution in [0.25, 0.3) is 0 Å². The van der Waals surface area contributed by atoms with Crippen LogP contribution >= 0.6 is 0 Å². The lowest BCUT2D eigenvalue weighted by Crippen LogP contribution is -2.40. The van der Waals surface area contributed by atoms with Crippen LogP contribution in [-0.4, -0.2) is 35.1 Å². The van der Waals surface area contributed by atoms with Crippen LogP contribution in [0.4, 0.5) is 8.78 Å². The molecule has 1 saturated carbocycles. The Morgan fingerprint density at radius 2 is 1.81 bits per heavy atom. The predicted molar refractivity (Wildman–Crippen MR) is 89.1 cm³/mol. The Labute approximate surface area is 149 Å². The van der Waals surface area contributed by atoms with Gasteiger partial charge in [-0.15, -0.1) is 0 Å². The van der Waals surface area contributed by atoms with Crippen molar-refractivity contribution in [2.24, 2.45) is 0 Å². The topological polar surface area (TPSA) is 73.3 Å². The second kappa shape index (κ2) is 8.07. The van der Waals surface area contributed by atoms with Gasteiger partial charge in [0.15, 0.2) is 0 Å². The number of nitrogens with one attached hydrogen (secondary N) is 1. The molecule has 1 aliphatic carbocycles. The van der Waals surface area contributed by atoms with Crippen LogP contribution in [0.1, 0.15) is 36.0 Å². The molecule has 1 heterocycles. The zero-order chi connectivity index (χ0) is 18.5. The van der Waals surface area contributed by atoms with Crippen LogP contribution in [-0.2, 0) is 0 Å². The molecular formula is C18H19F2N3O3. The number of nitrogens with zero attached hydrogens (tertiary/aromatic N) is 2. The van der Waals surface area contributed by atoms with E-state index in [0.29, 0.717) is 43.5 Å². The van der Waals surface area contributed by atoms with Crippen molar-refractivity contribution in [3.8, 4) is 11.8 Å². The van der Waals surface area contributed by atoms with E-state index in [4.69, 9.17) is 9.47 Å². The maximum absolute atomic E-state index is 13.7. The van der Waals surface area contributed by atoms with Gasteiger partial charge in [0, 0.05) is 24.5 Å². The molecule has 0 spiro atoms. The van der Waals surface area contributed by atoms with Crippen LogP contribution < -0.4 is 14.8 Å². The molecule has 6 nitrogen and oxygen atoms in total. The van der Waals surface area contributed by atoms with E-state index in [1.807, 2.05) is 0 Å². The number of benzene rings is 1. The third-order valence-electron chi connectivity index (χ3n) is 4.29. The predicted octanol–water partition coefficient (Wildman–Crippen LogP) is 2.88. The maximum atomic E-state index is 13.7. The molecule has 1 amide bonds. The molecule has 0 aliphatic heterocycles. The molecule has 0 bridgehead atoms. The van der Waals surface area contributed by atoms with Gasteiger partial charge in [0.25, 0.3) is 17.7 Å². The van der Waals surface area contributed by atoms with Gasteiger partial charge in [-0.25, -0.2) is 18.7 Å². The number of methoxy groups -OCH3 is 1. The van der Waals surface area contributed by atoms with Gasteiger partial charge >= 0.3 is 0 Å². The summed E-state index contributed by atoms with van der Waals surface area (Å²) < 4.78 is 37.6. The van der Waals surface area contributed by atoms with Gasteiger partial charge in [0.05, 0.1) is 12.7 Å². The Bertz CT molecular complexity index is 780. The second-order valence-electron chi connectivity index (χ2n) is 6.06. The van der Waals surface area contributed by atoms with Gasteiger partial charge in [0.2, 0.25) is 0 Å². The van der Waals surface area contributed by atoms with Crippen molar-refractivity contribution in [1.82, 2.24) is 15.3 Å². The lowest BCUT2D eigenvalue weighted by atomic mass is 9.92. The number of halogens is 2. The van der Waals surface area contributed by atoms with Crippen molar-refractivity contribution < 1.29 is 23.0 Å². The second-order valence-corrected chi connectivity index (χ2v) is 6.06. The molecule has 0 radical (unpaired) electrons. The van der Waals surface area contributed by atoms with Gasteiger partial charge in [0.1, 0.15) is 17.7 Å². The largest absolute Gasteiger partial charge is 0.477 e. The molecule has 1 aliphatic rings. The Kier molecular flexibility index (Phi) is 5.60. The normalized spacial score (nSPS) is 19.7. The molecule has 1 aromatic heterocycles. The maximum Gasteiger partial charge on any atom is 0.278 e. The fourth-order valence-corrected chi connectivity index (χ4v) is 2.95. The fraction of sp³-hybridized carbons (Fsp3) is 0.389. The summed E-state index contributed by atoms with van der Waals surface area (Å²) in [5, 5.41) is 2.79. The first kappa shape index (κ1) is 18.0. The third kappa shape index (κ3) is 4.25. The number of ether oxygens (including phenoxy) is 2. The van der Waals surface area contributed by atoms with Gasteiger partial charge in [-0.3, -0.25) is 4.79 Å². The molecule has 1 N–H and O–H groups in total. The average molecular weight is 363 g/mol. The van der Waals surface area contributed by atoms with Gasteiger partial charge in [-0.1, -0.05) is 0 Å². The minimum absolute atomic E-state index is 0.0590.